The number of carbonyl (C=O) groups is 2. The van der Waals surface area contributed by atoms with E-state index in [1.807, 2.05) is 20.8 Å². The van der Waals surface area contributed by atoms with Crippen LogP contribution in [-0.2, 0) is 22.7 Å². The lowest BCUT2D eigenvalue weighted by atomic mass is 9.81. The Morgan fingerprint density at radius 3 is 2.41 bits per heavy atom. The van der Waals surface area contributed by atoms with E-state index < -0.39 is 5.69 Å². The van der Waals surface area contributed by atoms with Gasteiger partial charge < -0.3 is 10.2 Å². The molecule has 1 aliphatic carbocycles. The summed E-state index contributed by atoms with van der Waals surface area (Å²) in [6.07, 6.45) is 4.06. The minimum absolute atomic E-state index is 0.0117. The summed E-state index contributed by atoms with van der Waals surface area (Å²) < 4.78 is 3.25. The molecule has 0 unspecified atom stereocenters. The second kappa shape index (κ2) is 10.9. The zero-order valence-corrected chi connectivity index (χ0v) is 20.1. The van der Waals surface area contributed by atoms with Crippen LogP contribution in [0.1, 0.15) is 52.9 Å². The molecule has 0 aromatic carbocycles. The topological polar surface area (TPSA) is 93.4 Å². The van der Waals surface area contributed by atoms with Crippen molar-refractivity contribution in [2.75, 3.05) is 19.6 Å². The first kappa shape index (κ1) is 24.2. The number of carbonyl (C=O) groups excluding carboxylic acids is 2. The highest BCUT2D eigenvalue weighted by atomic mass is 32.1. The normalized spacial score (nSPS) is 18.6. The van der Waals surface area contributed by atoms with E-state index in [4.69, 9.17) is 0 Å². The van der Waals surface area contributed by atoms with Gasteiger partial charge in [0.2, 0.25) is 11.8 Å². The lowest BCUT2D eigenvalue weighted by Crippen LogP contribution is -2.44. The summed E-state index contributed by atoms with van der Waals surface area (Å²) in [5.74, 6) is 0.158. The van der Waals surface area contributed by atoms with Gasteiger partial charge in [0.15, 0.2) is 0 Å². The van der Waals surface area contributed by atoms with Gasteiger partial charge in [0.05, 0.1) is 5.52 Å². The first-order chi connectivity index (χ1) is 15.4. The van der Waals surface area contributed by atoms with Crippen molar-refractivity contribution in [1.29, 1.82) is 0 Å². The standard InChI is InChI=1S/C23H34N4O4S/c1-4-12-24-21(29)17-9-7-16(8-10-17)14-27-22(30)20-18(11-13-32-20)26(23(27)31)15-19(28)25(5-2)6-3/h11,13,16-17H,4-10,12,14-15H2,1-3H3,(H,24,29). The minimum Gasteiger partial charge on any atom is -0.356 e. The summed E-state index contributed by atoms with van der Waals surface area (Å²) in [6.45, 7) is 7.94. The maximum absolute atomic E-state index is 13.3. The molecule has 0 saturated heterocycles. The monoisotopic (exact) mass is 462 g/mol. The number of likely N-dealkylation sites (N-methyl/N-ethyl adjacent to an activating group) is 1. The molecule has 32 heavy (non-hydrogen) atoms. The van der Waals surface area contributed by atoms with E-state index in [0.717, 1.165) is 32.1 Å². The summed E-state index contributed by atoms with van der Waals surface area (Å²) in [4.78, 5) is 53.0. The van der Waals surface area contributed by atoms with Gasteiger partial charge in [-0.25, -0.2) is 4.79 Å². The third kappa shape index (κ3) is 5.14. The van der Waals surface area contributed by atoms with Crippen molar-refractivity contribution >= 4 is 33.4 Å². The van der Waals surface area contributed by atoms with Crippen LogP contribution in [0.5, 0.6) is 0 Å². The first-order valence-corrected chi connectivity index (χ1v) is 12.5. The fourth-order valence-electron chi connectivity index (χ4n) is 4.52. The Morgan fingerprint density at radius 2 is 1.78 bits per heavy atom. The molecule has 2 aromatic heterocycles. The lowest BCUT2D eigenvalue weighted by Gasteiger charge is -2.28. The van der Waals surface area contributed by atoms with Gasteiger partial charge in [-0.3, -0.25) is 23.5 Å². The van der Waals surface area contributed by atoms with Crippen LogP contribution in [0, 0.1) is 11.8 Å². The Bertz CT molecular complexity index is 1060. The second-order valence-corrected chi connectivity index (χ2v) is 9.41. The van der Waals surface area contributed by atoms with Gasteiger partial charge in [-0.1, -0.05) is 6.92 Å². The third-order valence-electron chi connectivity index (χ3n) is 6.45. The number of nitrogens with zero attached hydrogens (tertiary/aromatic N) is 3. The number of nitrogens with one attached hydrogen (secondary N) is 1. The molecule has 1 N–H and O–H groups in total. The molecule has 1 fully saturated rings. The van der Waals surface area contributed by atoms with E-state index in [1.165, 1.54) is 20.5 Å². The van der Waals surface area contributed by atoms with Gasteiger partial charge in [-0.05, 0) is 63.3 Å². The van der Waals surface area contributed by atoms with E-state index in [0.29, 0.717) is 36.4 Å². The quantitative estimate of drug-likeness (QED) is 0.619. The molecule has 0 atom stereocenters. The number of rotatable bonds is 9. The van der Waals surface area contributed by atoms with Crippen LogP contribution in [0.25, 0.3) is 10.2 Å². The van der Waals surface area contributed by atoms with Crippen LogP contribution in [0.4, 0.5) is 0 Å². The zero-order chi connectivity index (χ0) is 23.3. The number of hydrogen-bond acceptors (Lipinski definition) is 5. The van der Waals surface area contributed by atoms with E-state index in [2.05, 4.69) is 5.32 Å². The van der Waals surface area contributed by atoms with Crippen molar-refractivity contribution in [2.24, 2.45) is 11.8 Å². The van der Waals surface area contributed by atoms with Crippen molar-refractivity contribution in [2.45, 2.75) is 66.0 Å². The fraction of sp³-hybridized carbons (Fsp3) is 0.652. The van der Waals surface area contributed by atoms with Gasteiger partial charge in [-0.15, -0.1) is 11.3 Å². The molecule has 0 bridgehead atoms. The largest absolute Gasteiger partial charge is 0.356 e. The van der Waals surface area contributed by atoms with E-state index in [1.54, 1.807) is 16.3 Å². The molecular weight excluding hydrogens is 428 g/mol. The van der Waals surface area contributed by atoms with Gasteiger partial charge in [-0.2, -0.15) is 0 Å². The maximum atomic E-state index is 13.3. The average molecular weight is 463 g/mol. The molecule has 2 aromatic rings. The van der Waals surface area contributed by atoms with Gasteiger partial charge in [0.25, 0.3) is 5.56 Å². The Balaban J connectivity index is 1.81. The highest BCUT2D eigenvalue weighted by Gasteiger charge is 2.27. The van der Waals surface area contributed by atoms with Crippen molar-refractivity contribution < 1.29 is 9.59 Å². The Labute approximate surface area is 192 Å². The predicted molar refractivity (Wildman–Crippen MR) is 127 cm³/mol. The van der Waals surface area contributed by atoms with Crippen LogP contribution < -0.4 is 16.6 Å². The number of fused-ring (bicyclic) bond motifs is 1. The number of hydrogen-bond donors (Lipinski definition) is 1. The molecule has 176 valence electrons. The van der Waals surface area contributed by atoms with E-state index >= 15 is 0 Å². The van der Waals surface area contributed by atoms with Crippen molar-refractivity contribution in [3.63, 3.8) is 0 Å². The Hall–Kier alpha value is -2.42. The van der Waals surface area contributed by atoms with Crippen LogP contribution in [-0.4, -0.2) is 45.5 Å². The highest BCUT2D eigenvalue weighted by Crippen LogP contribution is 2.29. The third-order valence-corrected chi connectivity index (χ3v) is 7.35. The van der Waals surface area contributed by atoms with Crippen LogP contribution >= 0.6 is 11.3 Å². The summed E-state index contributed by atoms with van der Waals surface area (Å²) in [5, 5.41) is 4.75. The molecule has 3 rings (SSSR count). The molecule has 1 saturated carbocycles. The number of aromatic nitrogens is 2. The van der Waals surface area contributed by atoms with Crippen molar-refractivity contribution in [3.05, 3.63) is 32.3 Å². The summed E-state index contributed by atoms with van der Waals surface area (Å²) >= 11 is 1.30. The number of thiophene rings is 1. The first-order valence-electron chi connectivity index (χ1n) is 11.7. The van der Waals surface area contributed by atoms with Crippen LogP contribution in [0.15, 0.2) is 21.0 Å². The van der Waals surface area contributed by atoms with Gasteiger partial charge >= 0.3 is 5.69 Å². The second-order valence-electron chi connectivity index (χ2n) is 8.49. The number of amides is 2. The Morgan fingerprint density at radius 1 is 1.09 bits per heavy atom. The minimum atomic E-state index is -0.427. The van der Waals surface area contributed by atoms with Gasteiger partial charge in [0, 0.05) is 32.1 Å². The smallest absolute Gasteiger partial charge is 0.332 e. The van der Waals surface area contributed by atoms with Gasteiger partial charge in [0.1, 0.15) is 11.2 Å². The molecule has 8 nitrogen and oxygen atoms in total. The SMILES string of the molecule is CCCNC(=O)C1CCC(Cn2c(=O)c3sccc3n(CC(=O)N(CC)CC)c2=O)CC1. The summed E-state index contributed by atoms with van der Waals surface area (Å²) in [6, 6.07) is 1.74. The molecule has 0 radical (unpaired) electrons. The van der Waals surface area contributed by atoms with E-state index in [9.17, 15) is 19.2 Å². The summed E-state index contributed by atoms with van der Waals surface area (Å²) in [5.41, 5.74) is -0.184. The van der Waals surface area contributed by atoms with Crippen LogP contribution in [0.3, 0.4) is 0 Å². The zero-order valence-electron chi connectivity index (χ0n) is 19.3. The Kier molecular flexibility index (Phi) is 8.28. The summed E-state index contributed by atoms with van der Waals surface area (Å²) in [7, 11) is 0. The predicted octanol–water partition coefficient (Wildman–Crippen LogP) is 2.43. The molecular formula is C23H34N4O4S. The highest BCUT2D eigenvalue weighted by molar-refractivity contribution is 7.17. The molecule has 9 heteroatoms. The van der Waals surface area contributed by atoms with Crippen LogP contribution in [0.2, 0.25) is 0 Å². The van der Waals surface area contributed by atoms with E-state index in [-0.39, 0.29) is 35.8 Å². The van der Waals surface area contributed by atoms with Crippen molar-refractivity contribution in [3.8, 4) is 0 Å². The molecule has 2 heterocycles. The molecule has 2 amide bonds. The molecule has 1 aliphatic rings. The van der Waals surface area contributed by atoms with Crippen molar-refractivity contribution in [1.82, 2.24) is 19.4 Å². The average Bonchev–Trinajstić information content (AvgIpc) is 3.29. The maximum Gasteiger partial charge on any atom is 0.332 e. The lowest BCUT2D eigenvalue weighted by molar-refractivity contribution is -0.131. The molecule has 0 spiro atoms. The fourth-order valence-corrected chi connectivity index (χ4v) is 5.36. The molecule has 0 aliphatic heterocycles.